The van der Waals surface area contributed by atoms with Crippen molar-refractivity contribution in [2.45, 2.75) is 12.5 Å². The Hall–Kier alpha value is -1.63. The van der Waals surface area contributed by atoms with Gasteiger partial charge < -0.3 is 24.8 Å². The molecule has 2 heterocycles. The maximum absolute atomic E-state index is 12.7. The van der Waals surface area contributed by atoms with Gasteiger partial charge in [0.25, 0.3) is 0 Å². The maximum Gasteiger partial charge on any atom is 0.229 e. The van der Waals surface area contributed by atoms with E-state index < -0.39 is 0 Å². The SMILES string of the molecule is COc1cccc(CC2(C(=O)NCC3COCCO3)CNC2)c1. The van der Waals surface area contributed by atoms with Crippen molar-refractivity contribution < 1.29 is 19.0 Å². The summed E-state index contributed by atoms with van der Waals surface area (Å²) in [4.78, 5) is 12.7. The first-order valence-corrected chi connectivity index (χ1v) is 8.03. The maximum atomic E-state index is 12.7. The molecule has 2 aliphatic rings. The molecule has 0 aliphatic carbocycles. The number of methoxy groups -OCH3 is 1. The van der Waals surface area contributed by atoms with Crippen LogP contribution in [0.2, 0.25) is 0 Å². The smallest absolute Gasteiger partial charge is 0.229 e. The first kappa shape index (κ1) is 16.2. The number of benzene rings is 1. The summed E-state index contributed by atoms with van der Waals surface area (Å²) in [7, 11) is 1.65. The number of ether oxygens (including phenoxy) is 3. The van der Waals surface area contributed by atoms with Gasteiger partial charge in [0, 0.05) is 19.6 Å². The summed E-state index contributed by atoms with van der Waals surface area (Å²) in [6.07, 6.45) is 0.653. The number of carbonyl (C=O) groups is 1. The average Bonchev–Trinajstić information content (AvgIpc) is 2.57. The average molecular weight is 320 g/mol. The molecule has 1 atom stereocenters. The monoisotopic (exact) mass is 320 g/mol. The zero-order valence-corrected chi connectivity index (χ0v) is 13.5. The summed E-state index contributed by atoms with van der Waals surface area (Å²) in [5.74, 6) is 0.895. The van der Waals surface area contributed by atoms with Gasteiger partial charge in [0.05, 0.1) is 38.4 Å². The lowest BCUT2D eigenvalue weighted by molar-refractivity contribution is -0.136. The van der Waals surface area contributed by atoms with E-state index in [1.807, 2.05) is 24.3 Å². The molecule has 0 saturated carbocycles. The third kappa shape index (κ3) is 3.83. The van der Waals surface area contributed by atoms with Crippen molar-refractivity contribution in [2.75, 3.05) is 46.6 Å². The molecule has 126 valence electrons. The molecule has 2 fully saturated rings. The van der Waals surface area contributed by atoms with Crippen LogP contribution in [0, 0.1) is 5.41 Å². The number of nitrogens with one attached hydrogen (secondary N) is 2. The summed E-state index contributed by atoms with van der Waals surface area (Å²) >= 11 is 0. The highest BCUT2D eigenvalue weighted by molar-refractivity contribution is 5.84. The van der Waals surface area contributed by atoms with Gasteiger partial charge in [-0.3, -0.25) is 4.79 Å². The molecule has 6 heteroatoms. The Morgan fingerprint density at radius 1 is 1.43 bits per heavy atom. The molecular formula is C17H24N2O4. The van der Waals surface area contributed by atoms with Crippen molar-refractivity contribution in [3.63, 3.8) is 0 Å². The van der Waals surface area contributed by atoms with Gasteiger partial charge >= 0.3 is 0 Å². The minimum absolute atomic E-state index is 0.0467. The van der Waals surface area contributed by atoms with E-state index in [4.69, 9.17) is 14.2 Å². The number of carbonyl (C=O) groups excluding carboxylic acids is 1. The lowest BCUT2D eigenvalue weighted by Crippen LogP contribution is -2.63. The molecule has 1 unspecified atom stereocenters. The second kappa shape index (κ2) is 7.29. The molecule has 2 aliphatic heterocycles. The van der Waals surface area contributed by atoms with Crippen LogP contribution in [0.25, 0.3) is 0 Å². The number of rotatable bonds is 6. The van der Waals surface area contributed by atoms with Crippen molar-refractivity contribution in [1.29, 1.82) is 0 Å². The molecule has 1 aromatic rings. The predicted molar refractivity (Wildman–Crippen MR) is 85.6 cm³/mol. The van der Waals surface area contributed by atoms with E-state index >= 15 is 0 Å². The second-order valence-corrected chi connectivity index (χ2v) is 6.19. The van der Waals surface area contributed by atoms with Crippen LogP contribution >= 0.6 is 0 Å². The molecule has 0 radical (unpaired) electrons. The van der Waals surface area contributed by atoms with E-state index in [1.165, 1.54) is 0 Å². The van der Waals surface area contributed by atoms with Crippen molar-refractivity contribution in [3.05, 3.63) is 29.8 Å². The van der Waals surface area contributed by atoms with Crippen LogP contribution in [0.3, 0.4) is 0 Å². The topological polar surface area (TPSA) is 68.8 Å². The van der Waals surface area contributed by atoms with E-state index in [-0.39, 0.29) is 17.4 Å². The van der Waals surface area contributed by atoms with E-state index in [0.29, 0.717) is 45.9 Å². The zero-order valence-electron chi connectivity index (χ0n) is 13.5. The van der Waals surface area contributed by atoms with Crippen LogP contribution < -0.4 is 15.4 Å². The van der Waals surface area contributed by atoms with Gasteiger partial charge in [-0.2, -0.15) is 0 Å². The summed E-state index contributed by atoms with van der Waals surface area (Å²) in [6.45, 7) is 3.65. The number of hydrogen-bond acceptors (Lipinski definition) is 5. The molecule has 2 N–H and O–H groups in total. The van der Waals surface area contributed by atoms with Crippen molar-refractivity contribution in [1.82, 2.24) is 10.6 Å². The second-order valence-electron chi connectivity index (χ2n) is 6.19. The van der Waals surface area contributed by atoms with E-state index in [1.54, 1.807) is 7.11 Å². The highest BCUT2D eigenvalue weighted by Gasteiger charge is 2.44. The van der Waals surface area contributed by atoms with Gasteiger partial charge in [-0.25, -0.2) is 0 Å². The molecule has 1 amide bonds. The Labute approximate surface area is 136 Å². The summed E-state index contributed by atoms with van der Waals surface area (Å²) in [6, 6.07) is 7.90. The highest BCUT2D eigenvalue weighted by Crippen LogP contribution is 2.29. The van der Waals surface area contributed by atoms with Crippen LogP contribution in [-0.2, 0) is 20.7 Å². The van der Waals surface area contributed by atoms with Gasteiger partial charge in [0.2, 0.25) is 5.91 Å². The Morgan fingerprint density at radius 2 is 2.30 bits per heavy atom. The Bertz CT molecular complexity index is 539. The lowest BCUT2D eigenvalue weighted by Gasteiger charge is -2.41. The fourth-order valence-corrected chi connectivity index (χ4v) is 3.01. The van der Waals surface area contributed by atoms with E-state index in [9.17, 15) is 4.79 Å². The molecular weight excluding hydrogens is 296 g/mol. The number of hydrogen-bond donors (Lipinski definition) is 2. The van der Waals surface area contributed by atoms with Gasteiger partial charge in [0.15, 0.2) is 0 Å². The molecule has 0 spiro atoms. The molecule has 23 heavy (non-hydrogen) atoms. The molecule has 6 nitrogen and oxygen atoms in total. The predicted octanol–water partition coefficient (Wildman–Crippen LogP) is 0.359. The molecule has 0 aromatic heterocycles. The largest absolute Gasteiger partial charge is 0.497 e. The van der Waals surface area contributed by atoms with Crippen LogP contribution in [0.15, 0.2) is 24.3 Å². The van der Waals surface area contributed by atoms with Gasteiger partial charge in [0.1, 0.15) is 5.75 Å². The minimum atomic E-state index is -0.387. The first-order valence-electron chi connectivity index (χ1n) is 8.03. The lowest BCUT2D eigenvalue weighted by atomic mass is 9.75. The molecule has 0 bridgehead atoms. The third-order valence-corrected chi connectivity index (χ3v) is 4.46. The standard InChI is InChI=1S/C17H24N2O4/c1-21-14-4-2-3-13(7-14)8-17(11-18-12-17)16(20)19-9-15-10-22-5-6-23-15/h2-4,7,15,18H,5-6,8-12H2,1H3,(H,19,20). The Balaban J connectivity index is 1.59. The van der Waals surface area contributed by atoms with E-state index in [0.717, 1.165) is 11.3 Å². The normalized spacial score (nSPS) is 22.9. The van der Waals surface area contributed by atoms with Gasteiger partial charge in [-0.05, 0) is 24.1 Å². The summed E-state index contributed by atoms with van der Waals surface area (Å²) < 4.78 is 16.2. The van der Waals surface area contributed by atoms with Crippen LogP contribution in [-0.4, -0.2) is 58.6 Å². The molecule has 3 rings (SSSR count). The molecule has 1 aromatic carbocycles. The number of amides is 1. The Kier molecular flexibility index (Phi) is 5.15. The molecule has 2 saturated heterocycles. The quantitative estimate of drug-likeness (QED) is 0.792. The first-order chi connectivity index (χ1) is 11.2. The van der Waals surface area contributed by atoms with Crippen molar-refractivity contribution in [2.24, 2.45) is 5.41 Å². The Morgan fingerprint density at radius 3 is 2.96 bits per heavy atom. The fourth-order valence-electron chi connectivity index (χ4n) is 3.01. The fraction of sp³-hybridized carbons (Fsp3) is 0.588. The van der Waals surface area contributed by atoms with Crippen LogP contribution in [0.1, 0.15) is 5.56 Å². The zero-order chi connectivity index (χ0) is 16.1. The van der Waals surface area contributed by atoms with Crippen LogP contribution in [0.5, 0.6) is 5.75 Å². The van der Waals surface area contributed by atoms with Crippen molar-refractivity contribution >= 4 is 5.91 Å². The summed E-state index contributed by atoms with van der Waals surface area (Å²) in [5, 5.41) is 6.25. The van der Waals surface area contributed by atoms with Crippen LogP contribution in [0.4, 0.5) is 0 Å². The van der Waals surface area contributed by atoms with E-state index in [2.05, 4.69) is 10.6 Å². The minimum Gasteiger partial charge on any atom is -0.497 e. The highest BCUT2D eigenvalue weighted by atomic mass is 16.6. The summed E-state index contributed by atoms with van der Waals surface area (Å²) in [5.41, 5.74) is 0.722. The van der Waals surface area contributed by atoms with Crippen molar-refractivity contribution in [3.8, 4) is 5.75 Å². The third-order valence-electron chi connectivity index (χ3n) is 4.46. The van der Waals surface area contributed by atoms with Gasteiger partial charge in [-0.15, -0.1) is 0 Å². The van der Waals surface area contributed by atoms with Gasteiger partial charge in [-0.1, -0.05) is 12.1 Å².